The Balaban J connectivity index is 2.28. The summed E-state index contributed by atoms with van der Waals surface area (Å²) in [4.78, 5) is 11.9. The van der Waals surface area contributed by atoms with Crippen LogP contribution in [-0.2, 0) is 19.9 Å². The molecular weight excluding hydrogens is 206 g/mol. The summed E-state index contributed by atoms with van der Waals surface area (Å²) in [6, 6.07) is 9.33. The van der Waals surface area contributed by atoms with Crippen LogP contribution in [0.2, 0.25) is 0 Å². The monoisotopic (exact) mass is 221 g/mol. The number of hydrogen-bond acceptors (Lipinski definition) is 4. The molecule has 16 heavy (non-hydrogen) atoms. The standard InChI is InChI=1S/C12H15NO3/c1-2-15-11(14)12(10(8-13)16-12)9-6-4-3-5-7-9/h3-7,10H,2,8,13H2,1H3. The zero-order valence-corrected chi connectivity index (χ0v) is 9.18. The van der Waals surface area contributed by atoms with E-state index in [1.807, 2.05) is 30.3 Å². The van der Waals surface area contributed by atoms with Crippen LogP contribution in [-0.4, -0.2) is 25.2 Å². The molecule has 1 aliphatic rings. The van der Waals surface area contributed by atoms with Gasteiger partial charge in [0.25, 0.3) is 0 Å². The molecule has 0 amide bonds. The van der Waals surface area contributed by atoms with Gasteiger partial charge in [-0.25, -0.2) is 4.79 Å². The van der Waals surface area contributed by atoms with E-state index in [1.165, 1.54) is 0 Å². The number of epoxide rings is 1. The highest BCUT2D eigenvalue weighted by atomic mass is 16.7. The van der Waals surface area contributed by atoms with Crippen LogP contribution < -0.4 is 5.73 Å². The third-order valence-corrected chi connectivity index (χ3v) is 2.72. The molecule has 1 saturated heterocycles. The van der Waals surface area contributed by atoms with Crippen molar-refractivity contribution < 1.29 is 14.3 Å². The molecule has 0 aromatic heterocycles. The Morgan fingerprint density at radius 3 is 2.69 bits per heavy atom. The second-order valence-electron chi connectivity index (χ2n) is 3.66. The Hall–Kier alpha value is -1.39. The Morgan fingerprint density at radius 2 is 2.19 bits per heavy atom. The van der Waals surface area contributed by atoms with Crippen molar-refractivity contribution in [2.24, 2.45) is 5.73 Å². The summed E-state index contributed by atoms with van der Waals surface area (Å²) in [7, 11) is 0. The highest BCUT2D eigenvalue weighted by Gasteiger charge is 2.64. The van der Waals surface area contributed by atoms with Crippen molar-refractivity contribution in [2.45, 2.75) is 18.6 Å². The lowest BCUT2D eigenvalue weighted by Gasteiger charge is -2.11. The predicted octanol–water partition coefficient (Wildman–Crippen LogP) is 0.802. The second kappa shape index (κ2) is 4.23. The van der Waals surface area contributed by atoms with Gasteiger partial charge in [-0.3, -0.25) is 0 Å². The van der Waals surface area contributed by atoms with E-state index >= 15 is 0 Å². The van der Waals surface area contributed by atoms with Gasteiger partial charge in [0.1, 0.15) is 6.10 Å². The van der Waals surface area contributed by atoms with Crippen molar-refractivity contribution in [3.8, 4) is 0 Å². The Labute approximate surface area is 94.3 Å². The molecule has 2 unspecified atom stereocenters. The van der Waals surface area contributed by atoms with Crippen LogP contribution in [0.15, 0.2) is 30.3 Å². The van der Waals surface area contributed by atoms with E-state index in [0.717, 1.165) is 5.56 Å². The van der Waals surface area contributed by atoms with E-state index in [2.05, 4.69) is 0 Å². The highest BCUT2D eigenvalue weighted by Crippen LogP contribution is 2.46. The molecule has 0 aliphatic carbocycles. The molecule has 0 spiro atoms. The van der Waals surface area contributed by atoms with Gasteiger partial charge < -0.3 is 15.2 Å². The Morgan fingerprint density at radius 1 is 1.50 bits per heavy atom. The number of esters is 1. The minimum Gasteiger partial charge on any atom is -0.464 e. The Bertz CT molecular complexity index is 379. The van der Waals surface area contributed by atoms with Crippen LogP contribution >= 0.6 is 0 Å². The second-order valence-corrected chi connectivity index (χ2v) is 3.66. The van der Waals surface area contributed by atoms with Crippen LogP contribution in [0, 0.1) is 0 Å². The van der Waals surface area contributed by atoms with E-state index in [-0.39, 0.29) is 12.1 Å². The molecule has 0 radical (unpaired) electrons. The van der Waals surface area contributed by atoms with Gasteiger partial charge in [-0.05, 0) is 12.5 Å². The molecule has 86 valence electrons. The molecule has 0 saturated carbocycles. The lowest BCUT2D eigenvalue weighted by Crippen LogP contribution is -2.30. The lowest BCUT2D eigenvalue weighted by molar-refractivity contribution is -0.149. The number of nitrogens with two attached hydrogens (primary N) is 1. The van der Waals surface area contributed by atoms with Gasteiger partial charge in [-0.15, -0.1) is 0 Å². The van der Waals surface area contributed by atoms with Crippen LogP contribution in [0.4, 0.5) is 0 Å². The quantitative estimate of drug-likeness (QED) is 0.603. The molecule has 2 rings (SSSR count). The Kier molecular flexibility index (Phi) is 2.94. The maximum Gasteiger partial charge on any atom is 0.345 e. The van der Waals surface area contributed by atoms with Gasteiger partial charge in [-0.2, -0.15) is 0 Å². The van der Waals surface area contributed by atoms with Crippen LogP contribution in [0.5, 0.6) is 0 Å². The number of hydrogen-bond donors (Lipinski definition) is 1. The number of benzene rings is 1. The van der Waals surface area contributed by atoms with Gasteiger partial charge >= 0.3 is 5.97 Å². The summed E-state index contributed by atoms with van der Waals surface area (Å²) in [5.74, 6) is -0.350. The van der Waals surface area contributed by atoms with E-state index in [0.29, 0.717) is 13.2 Å². The maximum atomic E-state index is 11.9. The molecule has 4 nitrogen and oxygen atoms in total. The van der Waals surface area contributed by atoms with Crippen LogP contribution in [0.1, 0.15) is 12.5 Å². The third-order valence-electron chi connectivity index (χ3n) is 2.72. The molecule has 2 atom stereocenters. The fraction of sp³-hybridized carbons (Fsp3) is 0.417. The van der Waals surface area contributed by atoms with E-state index in [1.54, 1.807) is 6.92 Å². The third kappa shape index (κ3) is 1.60. The van der Waals surface area contributed by atoms with Gasteiger partial charge in [0.2, 0.25) is 5.60 Å². The largest absolute Gasteiger partial charge is 0.464 e. The van der Waals surface area contributed by atoms with Gasteiger partial charge in [0.05, 0.1) is 6.61 Å². The van der Waals surface area contributed by atoms with Crippen molar-refractivity contribution in [3.63, 3.8) is 0 Å². The van der Waals surface area contributed by atoms with Crippen molar-refractivity contribution >= 4 is 5.97 Å². The fourth-order valence-corrected chi connectivity index (χ4v) is 1.88. The minimum absolute atomic E-state index is 0.269. The molecule has 2 N–H and O–H groups in total. The van der Waals surface area contributed by atoms with E-state index < -0.39 is 5.60 Å². The first-order chi connectivity index (χ1) is 7.75. The summed E-state index contributed by atoms with van der Waals surface area (Å²) < 4.78 is 10.5. The lowest BCUT2D eigenvalue weighted by atomic mass is 9.95. The fourth-order valence-electron chi connectivity index (χ4n) is 1.88. The summed E-state index contributed by atoms with van der Waals surface area (Å²) in [6.45, 7) is 2.43. The molecule has 1 aromatic carbocycles. The minimum atomic E-state index is -0.966. The summed E-state index contributed by atoms with van der Waals surface area (Å²) >= 11 is 0. The van der Waals surface area contributed by atoms with Gasteiger partial charge in [-0.1, -0.05) is 30.3 Å². The van der Waals surface area contributed by atoms with Crippen molar-refractivity contribution in [1.82, 2.24) is 0 Å². The first kappa shape index (κ1) is 11.1. The van der Waals surface area contributed by atoms with Gasteiger partial charge in [0, 0.05) is 6.54 Å². The van der Waals surface area contributed by atoms with Crippen molar-refractivity contribution in [2.75, 3.05) is 13.2 Å². The normalized spacial score (nSPS) is 27.5. The number of rotatable bonds is 4. The zero-order valence-electron chi connectivity index (χ0n) is 9.18. The number of carbonyl (C=O) groups excluding carboxylic acids is 1. The van der Waals surface area contributed by atoms with Gasteiger partial charge in [0.15, 0.2) is 0 Å². The van der Waals surface area contributed by atoms with Crippen LogP contribution in [0.25, 0.3) is 0 Å². The summed E-state index contributed by atoms with van der Waals surface area (Å²) in [6.07, 6.45) is -0.269. The molecule has 1 aromatic rings. The first-order valence-electron chi connectivity index (χ1n) is 5.36. The number of ether oxygens (including phenoxy) is 2. The van der Waals surface area contributed by atoms with E-state index in [4.69, 9.17) is 15.2 Å². The molecular formula is C12H15NO3. The topological polar surface area (TPSA) is 64.8 Å². The molecule has 4 heteroatoms. The summed E-state index contributed by atoms with van der Waals surface area (Å²) in [5, 5.41) is 0. The average Bonchev–Trinajstić information content (AvgIpc) is 3.06. The number of carbonyl (C=O) groups is 1. The van der Waals surface area contributed by atoms with E-state index in [9.17, 15) is 4.79 Å². The first-order valence-corrected chi connectivity index (χ1v) is 5.36. The van der Waals surface area contributed by atoms with Crippen LogP contribution in [0.3, 0.4) is 0 Å². The highest BCUT2D eigenvalue weighted by molar-refractivity contribution is 5.85. The smallest absolute Gasteiger partial charge is 0.345 e. The molecule has 0 bridgehead atoms. The SMILES string of the molecule is CCOC(=O)C1(c2ccccc2)OC1CN. The maximum absolute atomic E-state index is 11.9. The average molecular weight is 221 g/mol. The summed E-state index contributed by atoms with van der Waals surface area (Å²) in [5.41, 5.74) is 5.39. The molecule has 1 fully saturated rings. The molecule has 1 heterocycles. The predicted molar refractivity (Wildman–Crippen MR) is 58.7 cm³/mol. The molecule has 1 aliphatic heterocycles. The zero-order chi connectivity index (χ0) is 11.6. The van der Waals surface area contributed by atoms with Crippen molar-refractivity contribution in [1.29, 1.82) is 0 Å². The van der Waals surface area contributed by atoms with Crippen molar-refractivity contribution in [3.05, 3.63) is 35.9 Å².